The van der Waals surface area contributed by atoms with Gasteiger partial charge < -0.3 is 15.5 Å². The largest absolute Gasteiger partial charge is 0.399 e. The zero-order valence-corrected chi connectivity index (χ0v) is 14.3. The number of pyridine rings is 1. The lowest BCUT2D eigenvalue weighted by Gasteiger charge is -2.06. The van der Waals surface area contributed by atoms with Crippen LogP contribution in [-0.4, -0.2) is 15.3 Å². The minimum Gasteiger partial charge on any atom is -0.399 e. The van der Waals surface area contributed by atoms with E-state index in [1.54, 1.807) is 24.3 Å². The van der Waals surface area contributed by atoms with E-state index >= 15 is 0 Å². The second-order valence-corrected chi connectivity index (χ2v) is 6.25. The van der Waals surface area contributed by atoms with Crippen molar-refractivity contribution in [2.24, 2.45) is 0 Å². The molecule has 0 saturated heterocycles. The van der Waals surface area contributed by atoms with E-state index in [9.17, 15) is 4.79 Å². The Morgan fingerprint density at radius 3 is 2.42 bits per heavy atom. The molecule has 0 atom stereocenters. The van der Waals surface area contributed by atoms with Gasteiger partial charge in [0.05, 0.1) is 5.69 Å². The molecule has 128 valence electrons. The lowest BCUT2D eigenvalue weighted by Crippen LogP contribution is -2.11. The standard InChI is InChI=1S/C21H18N4O/c1-14-2-11-20-24-19(13-25(20)12-14)15-5-9-18(10-6-15)23-21(26)16-3-7-17(22)8-4-16/h2-13H,22H2,1H3,(H,23,26). The normalized spacial score (nSPS) is 10.8. The number of carbonyl (C=O) groups is 1. The highest BCUT2D eigenvalue weighted by Gasteiger charge is 2.08. The molecule has 0 aliphatic heterocycles. The first-order valence-electron chi connectivity index (χ1n) is 8.31. The summed E-state index contributed by atoms with van der Waals surface area (Å²) in [5, 5.41) is 2.89. The Balaban J connectivity index is 1.54. The maximum atomic E-state index is 12.3. The van der Waals surface area contributed by atoms with Gasteiger partial charge >= 0.3 is 0 Å². The highest BCUT2D eigenvalue weighted by Crippen LogP contribution is 2.22. The summed E-state index contributed by atoms with van der Waals surface area (Å²) in [5.74, 6) is -0.166. The van der Waals surface area contributed by atoms with Crippen molar-refractivity contribution >= 4 is 22.9 Å². The van der Waals surface area contributed by atoms with Crippen LogP contribution in [0.15, 0.2) is 73.1 Å². The number of carbonyl (C=O) groups excluding carboxylic acids is 1. The SMILES string of the molecule is Cc1ccc2nc(-c3ccc(NC(=O)c4ccc(N)cc4)cc3)cn2c1. The molecule has 0 fully saturated rings. The molecule has 4 rings (SSSR count). The smallest absolute Gasteiger partial charge is 0.255 e. The molecule has 0 bridgehead atoms. The number of hydrogen-bond acceptors (Lipinski definition) is 3. The van der Waals surface area contributed by atoms with E-state index in [-0.39, 0.29) is 5.91 Å². The van der Waals surface area contributed by atoms with Crippen LogP contribution in [0, 0.1) is 6.92 Å². The molecule has 3 N–H and O–H groups in total. The van der Waals surface area contributed by atoms with Crippen molar-refractivity contribution in [1.29, 1.82) is 0 Å². The fraction of sp³-hybridized carbons (Fsp3) is 0.0476. The van der Waals surface area contributed by atoms with Crippen LogP contribution in [0.2, 0.25) is 0 Å². The molecule has 2 heterocycles. The van der Waals surface area contributed by atoms with E-state index in [1.807, 2.05) is 53.2 Å². The molecule has 0 unspecified atom stereocenters. The quantitative estimate of drug-likeness (QED) is 0.550. The minimum absolute atomic E-state index is 0.166. The molecular formula is C21H18N4O. The Labute approximate surface area is 151 Å². The van der Waals surface area contributed by atoms with Crippen LogP contribution in [0.5, 0.6) is 0 Å². The van der Waals surface area contributed by atoms with Crippen LogP contribution in [0.4, 0.5) is 11.4 Å². The summed E-state index contributed by atoms with van der Waals surface area (Å²) in [4.78, 5) is 16.9. The van der Waals surface area contributed by atoms with Gasteiger partial charge in [0.15, 0.2) is 0 Å². The lowest BCUT2D eigenvalue weighted by molar-refractivity contribution is 0.102. The number of nitrogens with two attached hydrogens (primary N) is 1. The van der Waals surface area contributed by atoms with Crippen molar-refractivity contribution in [3.8, 4) is 11.3 Å². The van der Waals surface area contributed by atoms with Gasteiger partial charge in [-0.3, -0.25) is 4.79 Å². The van der Waals surface area contributed by atoms with Crippen LogP contribution in [0.3, 0.4) is 0 Å². The molecule has 5 nitrogen and oxygen atoms in total. The second kappa shape index (κ2) is 6.37. The number of aromatic nitrogens is 2. The number of aryl methyl sites for hydroxylation is 1. The zero-order chi connectivity index (χ0) is 18.1. The average Bonchev–Trinajstić information content (AvgIpc) is 3.06. The first-order valence-corrected chi connectivity index (χ1v) is 8.31. The Kier molecular flexibility index (Phi) is 3.89. The number of nitrogens with one attached hydrogen (secondary N) is 1. The molecule has 1 amide bonds. The minimum atomic E-state index is -0.166. The predicted molar refractivity (Wildman–Crippen MR) is 104 cm³/mol. The van der Waals surface area contributed by atoms with Gasteiger partial charge in [-0.1, -0.05) is 18.2 Å². The topological polar surface area (TPSA) is 72.4 Å². The van der Waals surface area contributed by atoms with E-state index in [0.717, 1.165) is 22.6 Å². The third-order valence-electron chi connectivity index (χ3n) is 4.21. The van der Waals surface area contributed by atoms with Crippen molar-refractivity contribution in [1.82, 2.24) is 9.38 Å². The molecule has 0 spiro atoms. The third-order valence-corrected chi connectivity index (χ3v) is 4.21. The summed E-state index contributed by atoms with van der Waals surface area (Å²) >= 11 is 0. The Hall–Kier alpha value is -3.60. The number of nitrogens with zero attached hydrogens (tertiary/aromatic N) is 2. The third kappa shape index (κ3) is 3.15. The fourth-order valence-electron chi connectivity index (χ4n) is 2.80. The summed E-state index contributed by atoms with van der Waals surface area (Å²) in [6.07, 6.45) is 4.05. The summed E-state index contributed by atoms with van der Waals surface area (Å²) in [6.45, 7) is 2.05. The van der Waals surface area contributed by atoms with Gasteiger partial charge in [0, 0.05) is 34.9 Å². The van der Waals surface area contributed by atoms with Crippen molar-refractivity contribution < 1.29 is 4.79 Å². The highest BCUT2D eigenvalue weighted by atomic mass is 16.1. The first kappa shape index (κ1) is 15.9. The van der Waals surface area contributed by atoms with Gasteiger partial charge in [0.25, 0.3) is 5.91 Å². The molecule has 0 aliphatic carbocycles. The molecule has 5 heteroatoms. The average molecular weight is 342 g/mol. The van der Waals surface area contributed by atoms with E-state index in [2.05, 4.69) is 17.2 Å². The van der Waals surface area contributed by atoms with E-state index < -0.39 is 0 Å². The molecule has 26 heavy (non-hydrogen) atoms. The molecule has 0 saturated carbocycles. The summed E-state index contributed by atoms with van der Waals surface area (Å²) in [6, 6.07) is 18.5. The first-order chi connectivity index (χ1) is 12.6. The molecular weight excluding hydrogens is 324 g/mol. The number of rotatable bonds is 3. The zero-order valence-electron chi connectivity index (χ0n) is 14.3. The van der Waals surface area contributed by atoms with Gasteiger partial charge in [-0.05, 0) is 55.0 Å². The van der Waals surface area contributed by atoms with Crippen LogP contribution in [-0.2, 0) is 0 Å². The number of imidazole rings is 1. The summed E-state index contributed by atoms with van der Waals surface area (Å²) < 4.78 is 2.02. The molecule has 2 aromatic carbocycles. The van der Waals surface area contributed by atoms with Crippen LogP contribution >= 0.6 is 0 Å². The molecule has 4 aromatic rings. The lowest BCUT2D eigenvalue weighted by atomic mass is 10.1. The van der Waals surface area contributed by atoms with Gasteiger partial charge in [-0.15, -0.1) is 0 Å². The van der Waals surface area contributed by atoms with E-state index in [0.29, 0.717) is 11.3 Å². The van der Waals surface area contributed by atoms with E-state index in [1.165, 1.54) is 5.56 Å². The Morgan fingerprint density at radius 2 is 1.69 bits per heavy atom. The van der Waals surface area contributed by atoms with Gasteiger partial charge in [0.1, 0.15) is 5.65 Å². The van der Waals surface area contributed by atoms with E-state index in [4.69, 9.17) is 5.73 Å². The number of amides is 1. The number of benzene rings is 2. The van der Waals surface area contributed by atoms with Gasteiger partial charge in [0.2, 0.25) is 0 Å². The van der Waals surface area contributed by atoms with Crippen molar-refractivity contribution in [2.75, 3.05) is 11.1 Å². The second-order valence-electron chi connectivity index (χ2n) is 6.25. The Bertz CT molecular complexity index is 1080. The summed E-state index contributed by atoms with van der Waals surface area (Å²) in [5.41, 5.74) is 11.6. The van der Waals surface area contributed by atoms with Crippen molar-refractivity contribution in [3.63, 3.8) is 0 Å². The predicted octanol–water partition coefficient (Wildman–Crippen LogP) is 4.14. The Morgan fingerprint density at radius 1 is 0.962 bits per heavy atom. The summed E-state index contributed by atoms with van der Waals surface area (Å²) in [7, 11) is 0. The number of fused-ring (bicyclic) bond motifs is 1. The van der Waals surface area contributed by atoms with Crippen LogP contribution in [0.25, 0.3) is 16.9 Å². The number of hydrogen-bond donors (Lipinski definition) is 2. The van der Waals surface area contributed by atoms with Crippen LogP contribution < -0.4 is 11.1 Å². The highest BCUT2D eigenvalue weighted by molar-refractivity contribution is 6.04. The molecule has 0 aliphatic rings. The monoisotopic (exact) mass is 342 g/mol. The molecule has 0 radical (unpaired) electrons. The maximum Gasteiger partial charge on any atom is 0.255 e. The van der Waals surface area contributed by atoms with Crippen molar-refractivity contribution in [3.05, 3.63) is 84.2 Å². The van der Waals surface area contributed by atoms with Gasteiger partial charge in [-0.2, -0.15) is 0 Å². The maximum absolute atomic E-state index is 12.3. The molecule has 2 aromatic heterocycles. The number of anilines is 2. The van der Waals surface area contributed by atoms with Crippen molar-refractivity contribution in [2.45, 2.75) is 6.92 Å². The fourth-order valence-corrected chi connectivity index (χ4v) is 2.80. The van der Waals surface area contributed by atoms with Crippen LogP contribution in [0.1, 0.15) is 15.9 Å². The number of nitrogen functional groups attached to an aromatic ring is 1. The van der Waals surface area contributed by atoms with Gasteiger partial charge in [-0.25, -0.2) is 4.98 Å².